The summed E-state index contributed by atoms with van der Waals surface area (Å²) in [6.45, 7) is 0.150. The van der Waals surface area contributed by atoms with Crippen molar-refractivity contribution in [3.05, 3.63) is 62.6 Å². The van der Waals surface area contributed by atoms with Gasteiger partial charge in [-0.15, -0.1) is 0 Å². The molecular weight excluding hydrogens is 368 g/mol. The number of phenolic OH excluding ortho intramolecular Hbond substituents is 1. The maximum Gasteiger partial charge on any atom is 0.415 e. The monoisotopic (exact) mass is 380 g/mol. The minimum atomic E-state index is -0.641. The highest BCUT2D eigenvalue weighted by Crippen LogP contribution is 2.23. The average Bonchev–Trinajstić information content (AvgIpc) is 2.51. The Bertz CT molecular complexity index is 733. The Labute approximate surface area is 140 Å². The van der Waals surface area contributed by atoms with Crippen LogP contribution in [0, 0.1) is 10.1 Å². The largest absolute Gasteiger partial charge is 0.508 e. The maximum absolute atomic E-state index is 12.0. The molecule has 0 aliphatic heterocycles. The molecule has 2 aromatic carbocycles. The molecule has 0 atom stereocenters. The highest BCUT2D eigenvalue weighted by Gasteiger charge is 2.15. The molecule has 0 aliphatic carbocycles. The smallest absolute Gasteiger partial charge is 0.415 e. The topological polar surface area (TPSA) is 92.9 Å². The van der Waals surface area contributed by atoms with E-state index in [2.05, 4.69) is 15.9 Å². The first-order valence-corrected chi connectivity index (χ1v) is 7.31. The van der Waals surface area contributed by atoms with Crippen LogP contribution >= 0.6 is 15.9 Å². The van der Waals surface area contributed by atoms with Gasteiger partial charge in [0, 0.05) is 29.2 Å². The second kappa shape index (κ2) is 7.10. The summed E-state index contributed by atoms with van der Waals surface area (Å²) in [6.07, 6.45) is -0.641. The number of hydrogen-bond acceptors (Lipinski definition) is 5. The van der Waals surface area contributed by atoms with E-state index in [4.69, 9.17) is 4.74 Å². The molecule has 2 rings (SSSR count). The molecule has 0 bridgehead atoms. The number of aromatic hydroxyl groups is 1. The number of nitro benzene ring substituents is 1. The summed E-state index contributed by atoms with van der Waals surface area (Å²) in [5.41, 5.74) is 0.472. The fourth-order valence-corrected chi connectivity index (χ4v) is 2.22. The van der Waals surface area contributed by atoms with Crippen LogP contribution in [0.15, 0.2) is 46.9 Å². The number of carbonyl (C=O) groups is 1. The van der Waals surface area contributed by atoms with Gasteiger partial charge >= 0.3 is 6.09 Å². The Morgan fingerprint density at radius 1 is 1.30 bits per heavy atom. The number of hydrogen-bond donors (Lipinski definition) is 1. The molecule has 0 saturated heterocycles. The summed E-state index contributed by atoms with van der Waals surface area (Å²) in [6, 6.07) is 10.1. The summed E-state index contributed by atoms with van der Waals surface area (Å²) >= 11 is 3.29. The maximum atomic E-state index is 12.0. The predicted octanol–water partition coefficient (Wildman–Crippen LogP) is 3.69. The molecule has 1 amide bonds. The van der Waals surface area contributed by atoms with Crippen LogP contribution in [0.3, 0.4) is 0 Å². The van der Waals surface area contributed by atoms with E-state index in [1.807, 2.05) is 0 Å². The summed E-state index contributed by atoms with van der Waals surface area (Å²) in [5, 5.41) is 20.3. The number of nitrogens with zero attached hydrogens (tertiary/aromatic N) is 2. The highest BCUT2D eigenvalue weighted by molar-refractivity contribution is 9.10. The minimum absolute atomic E-state index is 0.0724. The van der Waals surface area contributed by atoms with E-state index in [9.17, 15) is 20.0 Å². The molecule has 8 heteroatoms. The quantitative estimate of drug-likeness (QED) is 0.644. The van der Waals surface area contributed by atoms with Gasteiger partial charge in [0.05, 0.1) is 11.5 Å². The molecule has 0 aromatic heterocycles. The van der Waals surface area contributed by atoms with Crippen LogP contribution in [0.1, 0.15) is 5.56 Å². The Morgan fingerprint density at radius 3 is 2.57 bits per heavy atom. The fourth-order valence-electron chi connectivity index (χ4n) is 1.82. The Balaban J connectivity index is 2.02. The van der Waals surface area contributed by atoms with Crippen molar-refractivity contribution in [2.75, 3.05) is 7.05 Å². The number of phenols is 1. The van der Waals surface area contributed by atoms with Gasteiger partial charge in [0.25, 0.3) is 5.69 Å². The minimum Gasteiger partial charge on any atom is -0.508 e. The van der Waals surface area contributed by atoms with E-state index in [1.54, 1.807) is 12.1 Å². The molecule has 0 saturated carbocycles. The summed E-state index contributed by atoms with van der Waals surface area (Å²) in [5.74, 6) is 0.272. The molecular formula is C15H13BrN2O5. The van der Waals surface area contributed by atoms with Gasteiger partial charge in [0.2, 0.25) is 0 Å². The van der Waals surface area contributed by atoms with E-state index < -0.39 is 11.0 Å². The average molecular weight is 381 g/mol. The van der Waals surface area contributed by atoms with Crippen molar-refractivity contribution < 1.29 is 19.6 Å². The van der Waals surface area contributed by atoms with Crippen molar-refractivity contribution >= 4 is 27.7 Å². The molecule has 0 heterocycles. The standard InChI is InChI=1S/C15H13BrN2O5/c1-17(9-10-8-11(16)2-7-14(10)19)15(20)23-13-5-3-12(4-6-13)18(21)22/h2-8,19H,9H2,1H3. The molecule has 1 N–H and O–H groups in total. The third-order valence-corrected chi connectivity index (χ3v) is 3.51. The number of halogens is 1. The lowest BCUT2D eigenvalue weighted by Gasteiger charge is -2.17. The van der Waals surface area contributed by atoms with Crippen molar-refractivity contribution in [1.29, 1.82) is 0 Å². The number of carbonyl (C=O) groups excluding carboxylic acids is 1. The van der Waals surface area contributed by atoms with Crippen molar-refractivity contribution in [1.82, 2.24) is 4.90 Å². The summed E-state index contributed by atoms with van der Waals surface area (Å²) in [7, 11) is 1.52. The molecule has 7 nitrogen and oxygen atoms in total. The predicted molar refractivity (Wildman–Crippen MR) is 86.4 cm³/mol. The number of non-ortho nitro benzene ring substituents is 1. The van der Waals surface area contributed by atoms with E-state index in [0.29, 0.717) is 5.56 Å². The first-order chi connectivity index (χ1) is 10.9. The number of rotatable bonds is 4. The van der Waals surface area contributed by atoms with Crippen LogP contribution in [-0.4, -0.2) is 28.1 Å². The third-order valence-electron chi connectivity index (χ3n) is 3.01. The zero-order chi connectivity index (χ0) is 17.0. The first-order valence-electron chi connectivity index (χ1n) is 6.51. The SMILES string of the molecule is CN(Cc1cc(Br)ccc1O)C(=O)Oc1ccc([N+](=O)[O-])cc1. The Morgan fingerprint density at radius 2 is 1.96 bits per heavy atom. The van der Waals surface area contributed by atoms with Crippen LogP contribution in [0.5, 0.6) is 11.5 Å². The Kier molecular flexibility index (Phi) is 5.17. The molecule has 0 radical (unpaired) electrons. The van der Waals surface area contributed by atoms with Crippen molar-refractivity contribution in [2.24, 2.45) is 0 Å². The molecule has 0 aliphatic rings. The van der Waals surface area contributed by atoms with Crippen molar-refractivity contribution in [3.8, 4) is 11.5 Å². The number of nitro groups is 1. The van der Waals surface area contributed by atoms with Gasteiger partial charge in [-0.2, -0.15) is 0 Å². The summed E-state index contributed by atoms with van der Waals surface area (Å²) < 4.78 is 5.90. The van der Waals surface area contributed by atoms with Gasteiger partial charge in [0.15, 0.2) is 0 Å². The normalized spacial score (nSPS) is 10.2. The molecule has 2 aromatic rings. The third kappa shape index (κ3) is 4.43. The highest BCUT2D eigenvalue weighted by atomic mass is 79.9. The number of ether oxygens (including phenoxy) is 1. The summed E-state index contributed by atoms with van der Waals surface area (Å²) in [4.78, 5) is 23.3. The van der Waals surface area contributed by atoms with Crippen LogP contribution in [0.4, 0.5) is 10.5 Å². The number of benzene rings is 2. The van der Waals surface area contributed by atoms with Crippen molar-refractivity contribution in [2.45, 2.75) is 6.54 Å². The van der Waals surface area contributed by atoms with Crippen LogP contribution in [0.2, 0.25) is 0 Å². The molecule has 0 spiro atoms. The lowest BCUT2D eigenvalue weighted by molar-refractivity contribution is -0.384. The van der Waals surface area contributed by atoms with Crippen LogP contribution < -0.4 is 4.74 Å². The van der Waals surface area contributed by atoms with Gasteiger partial charge in [-0.05, 0) is 30.3 Å². The fraction of sp³-hybridized carbons (Fsp3) is 0.133. The molecule has 0 fully saturated rings. The van der Waals surface area contributed by atoms with Gasteiger partial charge in [-0.25, -0.2) is 4.79 Å². The van der Waals surface area contributed by atoms with Gasteiger partial charge in [-0.1, -0.05) is 15.9 Å². The molecule has 0 unspecified atom stereocenters. The zero-order valence-electron chi connectivity index (χ0n) is 12.1. The lowest BCUT2D eigenvalue weighted by Crippen LogP contribution is -2.29. The zero-order valence-corrected chi connectivity index (χ0v) is 13.7. The molecule has 120 valence electrons. The van der Waals surface area contributed by atoms with Crippen molar-refractivity contribution in [3.63, 3.8) is 0 Å². The van der Waals surface area contributed by atoms with E-state index in [0.717, 1.165) is 4.47 Å². The van der Waals surface area contributed by atoms with Gasteiger partial charge in [0.1, 0.15) is 11.5 Å². The van der Waals surface area contributed by atoms with Gasteiger partial charge in [-0.3, -0.25) is 10.1 Å². The molecule has 23 heavy (non-hydrogen) atoms. The van der Waals surface area contributed by atoms with Crippen LogP contribution in [0.25, 0.3) is 0 Å². The first kappa shape index (κ1) is 16.8. The van der Waals surface area contributed by atoms with E-state index >= 15 is 0 Å². The van der Waals surface area contributed by atoms with Gasteiger partial charge < -0.3 is 14.7 Å². The Hall–Kier alpha value is -2.61. The lowest BCUT2D eigenvalue weighted by atomic mass is 10.2. The van der Waals surface area contributed by atoms with Crippen LogP contribution in [-0.2, 0) is 6.54 Å². The second-order valence-corrected chi connectivity index (χ2v) is 5.66. The second-order valence-electron chi connectivity index (χ2n) is 4.75. The van der Waals surface area contributed by atoms with E-state index in [-0.39, 0.29) is 23.7 Å². The number of amides is 1. The van der Waals surface area contributed by atoms with E-state index in [1.165, 1.54) is 42.3 Å².